The van der Waals surface area contributed by atoms with Crippen LogP contribution in [0, 0.1) is 6.92 Å². The van der Waals surface area contributed by atoms with Crippen LogP contribution in [0.15, 0.2) is 28.7 Å². The number of rotatable bonds is 4. The third kappa shape index (κ3) is 3.35. The Balaban J connectivity index is 2.45. The first kappa shape index (κ1) is 15.8. The maximum Gasteiger partial charge on any atom is 0.349 e. The molecule has 0 atom stereocenters. The molecule has 0 radical (unpaired) electrons. The fourth-order valence-electron chi connectivity index (χ4n) is 1.96. The first-order valence-corrected chi connectivity index (χ1v) is 7.56. The van der Waals surface area contributed by atoms with Gasteiger partial charge in [0.1, 0.15) is 11.3 Å². The van der Waals surface area contributed by atoms with E-state index in [1.54, 1.807) is 26.8 Å². The van der Waals surface area contributed by atoms with Crippen molar-refractivity contribution in [2.75, 3.05) is 6.61 Å². The minimum Gasteiger partial charge on any atom is -0.474 e. The summed E-state index contributed by atoms with van der Waals surface area (Å²) in [7, 11) is 0. The van der Waals surface area contributed by atoms with E-state index in [-0.39, 0.29) is 0 Å². The van der Waals surface area contributed by atoms with E-state index >= 15 is 0 Å². The summed E-state index contributed by atoms with van der Waals surface area (Å²) in [5.41, 5.74) is 0.545. The second kappa shape index (κ2) is 6.02. The number of halogens is 1. The van der Waals surface area contributed by atoms with E-state index in [9.17, 15) is 4.79 Å². The Labute approximate surface area is 132 Å². The zero-order valence-corrected chi connectivity index (χ0v) is 14.2. The molecule has 2 rings (SSSR count). The van der Waals surface area contributed by atoms with Gasteiger partial charge in [0.25, 0.3) is 0 Å². The van der Waals surface area contributed by atoms with Crippen LogP contribution in [-0.4, -0.2) is 23.2 Å². The maximum atomic E-state index is 12.0. The molecule has 0 saturated heterocycles. The van der Waals surface area contributed by atoms with E-state index in [2.05, 4.69) is 20.9 Å². The number of hydrogen-bond donors (Lipinski definition) is 0. The third-order valence-corrected chi connectivity index (χ3v) is 3.73. The molecule has 0 N–H and O–H groups in total. The second-order valence-corrected chi connectivity index (χ2v) is 6.08. The molecule has 112 valence electrons. The van der Waals surface area contributed by atoms with Crippen molar-refractivity contribution in [1.82, 2.24) is 4.98 Å². The molecule has 1 aromatic heterocycles. The fourth-order valence-corrected chi connectivity index (χ4v) is 2.41. The zero-order chi connectivity index (χ0) is 15.6. The summed E-state index contributed by atoms with van der Waals surface area (Å²) in [5, 5.41) is 0.942. The van der Waals surface area contributed by atoms with Crippen LogP contribution >= 0.6 is 15.9 Å². The van der Waals surface area contributed by atoms with E-state index < -0.39 is 11.6 Å². The molecule has 0 aliphatic carbocycles. The van der Waals surface area contributed by atoms with Crippen LogP contribution in [-0.2, 0) is 9.53 Å². The first-order valence-electron chi connectivity index (χ1n) is 6.77. The average Bonchev–Trinajstić information content (AvgIpc) is 2.42. The topological polar surface area (TPSA) is 48.4 Å². The summed E-state index contributed by atoms with van der Waals surface area (Å²) in [6, 6.07) is 7.61. The third-order valence-electron chi connectivity index (χ3n) is 3.04. The van der Waals surface area contributed by atoms with Crippen molar-refractivity contribution >= 4 is 32.8 Å². The smallest absolute Gasteiger partial charge is 0.349 e. The standard InChI is InChI=1S/C16H18BrNO3/c1-5-20-15(19)16(3,4)21-13-9-8-12(17)11-7-6-10(2)18-14(11)13/h6-9H,5H2,1-4H3. The number of fused-ring (bicyclic) bond motifs is 1. The highest BCUT2D eigenvalue weighted by molar-refractivity contribution is 9.10. The Morgan fingerprint density at radius 2 is 2.00 bits per heavy atom. The molecule has 0 saturated carbocycles. The number of hydrogen-bond acceptors (Lipinski definition) is 4. The number of aryl methyl sites for hydroxylation is 1. The Morgan fingerprint density at radius 1 is 1.29 bits per heavy atom. The molecule has 0 bridgehead atoms. The normalized spacial score (nSPS) is 11.5. The Kier molecular flexibility index (Phi) is 4.52. The summed E-state index contributed by atoms with van der Waals surface area (Å²) in [6.45, 7) is 7.39. The first-order chi connectivity index (χ1) is 9.85. The average molecular weight is 352 g/mol. The van der Waals surface area contributed by atoms with Crippen molar-refractivity contribution in [1.29, 1.82) is 0 Å². The highest BCUT2D eigenvalue weighted by Crippen LogP contribution is 2.32. The Morgan fingerprint density at radius 3 is 2.67 bits per heavy atom. The molecule has 5 heteroatoms. The van der Waals surface area contributed by atoms with Crippen molar-refractivity contribution < 1.29 is 14.3 Å². The quantitative estimate of drug-likeness (QED) is 0.780. The van der Waals surface area contributed by atoms with Crippen LogP contribution in [0.1, 0.15) is 26.5 Å². The van der Waals surface area contributed by atoms with Gasteiger partial charge in [0.2, 0.25) is 0 Å². The Hall–Kier alpha value is -1.62. The van der Waals surface area contributed by atoms with Crippen molar-refractivity contribution in [3.05, 3.63) is 34.4 Å². The van der Waals surface area contributed by atoms with E-state index in [0.717, 1.165) is 21.1 Å². The van der Waals surface area contributed by atoms with Crippen LogP contribution in [0.5, 0.6) is 5.75 Å². The van der Waals surface area contributed by atoms with Crippen molar-refractivity contribution in [2.45, 2.75) is 33.3 Å². The molecule has 0 amide bonds. The van der Waals surface area contributed by atoms with Gasteiger partial charge in [-0.3, -0.25) is 0 Å². The van der Waals surface area contributed by atoms with Gasteiger partial charge in [-0.2, -0.15) is 0 Å². The molecule has 0 spiro atoms. The second-order valence-electron chi connectivity index (χ2n) is 5.23. The van der Waals surface area contributed by atoms with Gasteiger partial charge in [-0.05, 0) is 52.0 Å². The highest BCUT2D eigenvalue weighted by atomic mass is 79.9. The molecule has 21 heavy (non-hydrogen) atoms. The lowest BCUT2D eigenvalue weighted by Gasteiger charge is -2.24. The van der Waals surface area contributed by atoms with Gasteiger partial charge >= 0.3 is 5.97 Å². The summed E-state index contributed by atoms with van der Waals surface area (Å²) < 4.78 is 11.9. The van der Waals surface area contributed by atoms with Gasteiger partial charge in [-0.1, -0.05) is 15.9 Å². The van der Waals surface area contributed by atoms with E-state index in [4.69, 9.17) is 9.47 Å². The number of carbonyl (C=O) groups is 1. The largest absolute Gasteiger partial charge is 0.474 e. The van der Waals surface area contributed by atoms with E-state index in [1.807, 2.05) is 25.1 Å². The lowest BCUT2D eigenvalue weighted by molar-refractivity contribution is -0.158. The van der Waals surface area contributed by atoms with Gasteiger partial charge in [0, 0.05) is 15.6 Å². The van der Waals surface area contributed by atoms with Gasteiger partial charge < -0.3 is 9.47 Å². The van der Waals surface area contributed by atoms with Crippen LogP contribution < -0.4 is 4.74 Å². The summed E-state index contributed by atoms with van der Waals surface area (Å²) >= 11 is 3.50. The summed E-state index contributed by atoms with van der Waals surface area (Å²) in [4.78, 5) is 16.5. The maximum absolute atomic E-state index is 12.0. The number of ether oxygens (including phenoxy) is 2. The van der Waals surface area contributed by atoms with Crippen LogP contribution in [0.4, 0.5) is 0 Å². The summed E-state index contributed by atoms with van der Waals surface area (Å²) in [5.74, 6) is 0.170. The number of nitrogens with zero attached hydrogens (tertiary/aromatic N) is 1. The minimum atomic E-state index is -1.07. The van der Waals surface area contributed by atoms with Crippen molar-refractivity contribution in [3.8, 4) is 5.75 Å². The predicted molar refractivity (Wildman–Crippen MR) is 85.5 cm³/mol. The van der Waals surface area contributed by atoms with Crippen molar-refractivity contribution in [2.24, 2.45) is 0 Å². The monoisotopic (exact) mass is 351 g/mol. The van der Waals surface area contributed by atoms with E-state index in [1.165, 1.54) is 0 Å². The lowest BCUT2D eigenvalue weighted by atomic mass is 10.1. The molecule has 4 nitrogen and oxygen atoms in total. The number of carbonyl (C=O) groups excluding carboxylic acids is 1. The highest BCUT2D eigenvalue weighted by Gasteiger charge is 2.32. The van der Waals surface area contributed by atoms with Gasteiger partial charge in [0.15, 0.2) is 5.60 Å². The van der Waals surface area contributed by atoms with Crippen LogP contribution in [0.2, 0.25) is 0 Å². The predicted octanol–water partition coefficient (Wildman–Crippen LogP) is 4.03. The van der Waals surface area contributed by atoms with Crippen LogP contribution in [0.3, 0.4) is 0 Å². The molecular formula is C16H18BrNO3. The van der Waals surface area contributed by atoms with Crippen LogP contribution in [0.25, 0.3) is 10.9 Å². The fraction of sp³-hybridized carbons (Fsp3) is 0.375. The molecule has 0 fully saturated rings. The van der Waals surface area contributed by atoms with Crippen molar-refractivity contribution in [3.63, 3.8) is 0 Å². The lowest BCUT2D eigenvalue weighted by Crippen LogP contribution is -2.39. The van der Waals surface area contributed by atoms with E-state index in [0.29, 0.717) is 12.4 Å². The number of aromatic nitrogens is 1. The molecule has 1 heterocycles. The molecule has 0 aliphatic rings. The SMILES string of the molecule is CCOC(=O)C(C)(C)Oc1ccc(Br)c2ccc(C)nc12. The molecular weight excluding hydrogens is 334 g/mol. The molecule has 0 aliphatic heterocycles. The van der Waals surface area contributed by atoms with Gasteiger partial charge in [0.05, 0.1) is 6.61 Å². The minimum absolute atomic E-state index is 0.323. The van der Waals surface area contributed by atoms with Gasteiger partial charge in [-0.25, -0.2) is 9.78 Å². The summed E-state index contributed by atoms with van der Waals surface area (Å²) in [6.07, 6.45) is 0. The van der Waals surface area contributed by atoms with Gasteiger partial charge in [-0.15, -0.1) is 0 Å². The number of benzene rings is 1. The number of esters is 1. The molecule has 1 aromatic carbocycles. The Bertz CT molecular complexity index is 683. The molecule has 2 aromatic rings. The number of pyridine rings is 1. The molecule has 0 unspecified atom stereocenters. The zero-order valence-electron chi connectivity index (χ0n) is 12.6.